The molecule has 0 bridgehead atoms. The van der Waals surface area contributed by atoms with E-state index in [1.54, 1.807) is 5.51 Å². The number of carbonyl (C=O) groups excluding carboxylic acids is 1. The highest BCUT2D eigenvalue weighted by molar-refractivity contribution is 9.10. The molecule has 8 heteroatoms. The number of amides is 1. The summed E-state index contributed by atoms with van der Waals surface area (Å²) < 4.78 is 0.177. The van der Waals surface area contributed by atoms with Gasteiger partial charge in [-0.05, 0) is 22.0 Å². The molecule has 0 fully saturated rings. The third-order valence-electron chi connectivity index (χ3n) is 2.33. The summed E-state index contributed by atoms with van der Waals surface area (Å²) in [6, 6.07) is 4.33. The summed E-state index contributed by atoms with van der Waals surface area (Å²) in [6.45, 7) is 0.289. The second kappa shape index (κ2) is 5.89. The van der Waals surface area contributed by atoms with Crippen LogP contribution in [0.3, 0.4) is 0 Å². The summed E-state index contributed by atoms with van der Waals surface area (Å²) in [5.74, 6) is -0.386. The molecular formula is C11H8BrN3O3S. The third kappa shape index (κ3) is 3.15. The van der Waals surface area contributed by atoms with Gasteiger partial charge in [0.05, 0.1) is 28.2 Å². The fourth-order valence-corrected chi connectivity index (χ4v) is 2.57. The van der Waals surface area contributed by atoms with Gasteiger partial charge in [-0.3, -0.25) is 14.9 Å². The van der Waals surface area contributed by atoms with Crippen molar-refractivity contribution >= 4 is 38.9 Å². The topological polar surface area (TPSA) is 85.1 Å². The van der Waals surface area contributed by atoms with Crippen molar-refractivity contribution in [3.8, 4) is 0 Å². The van der Waals surface area contributed by atoms with Gasteiger partial charge in [0.1, 0.15) is 4.47 Å². The normalized spacial score (nSPS) is 10.2. The highest BCUT2D eigenvalue weighted by Crippen LogP contribution is 2.28. The van der Waals surface area contributed by atoms with Gasteiger partial charge in [-0.2, -0.15) is 0 Å². The minimum Gasteiger partial charge on any atom is -0.346 e. The van der Waals surface area contributed by atoms with E-state index in [2.05, 4.69) is 26.2 Å². The molecule has 0 unspecified atom stereocenters. The molecule has 1 amide bonds. The minimum absolute atomic E-state index is 0.138. The number of nitro benzene ring substituents is 1. The molecular weight excluding hydrogens is 334 g/mol. The number of nitrogens with zero attached hydrogens (tertiary/aromatic N) is 2. The Bertz CT molecular complexity index is 616. The molecule has 0 atom stereocenters. The zero-order chi connectivity index (χ0) is 13.8. The van der Waals surface area contributed by atoms with Crippen LogP contribution in [0.5, 0.6) is 0 Å². The lowest BCUT2D eigenvalue weighted by Crippen LogP contribution is -2.23. The second-order valence-electron chi connectivity index (χ2n) is 3.56. The number of carbonyl (C=O) groups is 1. The lowest BCUT2D eigenvalue weighted by Gasteiger charge is -2.05. The van der Waals surface area contributed by atoms with Gasteiger partial charge in [-0.15, -0.1) is 11.3 Å². The molecule has 0 aliphatic rings. The predicted octanol–water partition coefficient (Wildman–Crippen LogP) is 2.74. The van der Waals surface area contributed by atoms with E-state index in [1.165, 1.54) is 29.5 Å². The standard InChI is InChI=1S/C11H8BrN3O3S/c12-10-8(2-1-3-9(10)15(17)18)11(16)13-4-7-5-19-6-14-7/h1-3,5-6H,4H2,(H,13,16). The molecule has 0 aliphatic heterocycles. The van der Waals surface area contributed by atoms with Crippen LogP contribution in [0.2, 0.25) is 0 Å². The SMILES string of the molecule is O=C(NCc1cscn1)c1cccc([N+](=O)[O-])c1Br. The molecule has 2 rings (SSSR count). The van der Waals surface area contributed by atoms with Crippen LogP contribution in [-0.2, 0) is 6.54 Å². The lowest BCUT2D eigenvalue weighted by atomic mass is 10.2. The molecule has 0 saturated heterocycles. The van der Waals surface area contributed by atoms with Crippen LogP contribution in [0.1, 0.15) is 16.1 Å². The van der Waals surface area contributed by atoms with Crippen molar-refractivity contribution < 1.29 is 9.72 Å². The van der Waals surface area contributed by atoms with Crippen LogP contribution in [0.15, 0.2) is 33.6 Å². The molecule has 19 heavy (non-hydrogen) atoms. The van der Waals surface area contributed by atoms with Crippen LogP contribution in [-0.4, -0.2) is 15.8 Å². The summed E-state index contributed by atoms with van der Waals surface area (Å²) in [5.41, 5.74) is 2.51. The number of hydrogen-bond donors (Lipinski definition) is 1. The molecule has 1 heterocycles. The van der Waals surface area contributed by atoms with Crippen molar-refractivity contribution in [2.24, 2.45) is 0 Å². The second-order valence-corrected chi connectivity index (χ2v) is 5.07. The molecule has 0 spiro atoms. The highest BCUT2D eigenvalue weighted by atomic mass is 79.9. The van der Waals surface area contributed by atoms with Gasteiger partial charge in [0.15, 0.2) is 0 Å². The Morgan fingerprint density at radius 1 is 1.53 bits per heavy atom. The molecule has 1 aromatic heterocycles. The van der Waals surface area contributed by atoms with Gasteiger partial charge in [0.2, 0.25) is 0 Å². The molecule has 0 radical (unpaired) electrons. The lowest BCUT2D eigenvalue weighted by molar-refractivity contribution is -0.385. The monoisotopic (exact) mass is 341 g/mol. The van der Waals surface area contributed by atoms with E-state index < -0.39 is 4.92 Å². The van der Waals surface area contributed by atoms with E-state index in [1.807, 2.05) is 5.38 Å². The van der Waals surface area contributed by atoms with Crippen LogP contribution in [0.25, 0.3) is 0 Å². The molecule has 1 aromatic carbocycles. The maximum atomic E-state index is 11.9. The first-order valence-electron chi connectivity index (χ1n) is 5.17. The molecule has 1 N–H and O–H groups in total. The smallest absolute Gasteiger partial charge is 0.284 e. The van der Waals surface area contributed by atoms with Crippen LogP contribution in [0, 0.1) is 10.1 Å². The average Bonchev–Trinajstić information content (AvgIpc) is 2.89. The van der Waals surface area contributed by atoms with Crippen molar-refractivity contribution in [2.75, 3.05) is 0 Å². The summed E-state index contributed by atoms with van der Waals surface area (Å²) in [5, 5.41) is 15.3. The number of halogens is 1. The molecule has 6 nitrogen and oxygen atoms in total. The van der Waals surface area contributed by atoms with Crippen molar-refractivity contribution in [1.29, 1.82) is 0 Å². The fraction of sp³-hybridized carbons (Fsp3) is 0.0909. The summed E-state index contributed by atoms with van der Waals surface area (Å²) in [6.07, 6.45) is 0. The van der Waals surface area contributed by atoms with E-state index in [0.717, 1.165) is 5.69 Å². The van der Waals surface area contributed by atoms with E-state index in [9.17, 15) is 14.9 Å². The van der Waals surface area contributed by atoms with E-state index in [-0.39, 0.29) is 28.2 Å². The maximum absolute atomic E-state index is 11.9. The Morgan fingerprint density at radius 3 is 2.95 bits per heavy atom. The van der Waals surface area contributed by atoms with Crippen molar-refractivity contribution in [1.82, 2.24) is 10.3 Å². The van der Waals surface area contributed by atoms with Crippen molar-refractivity contribution in [2.45, 2.75) is 6.54 Å². The molecule has 0 aliphatic carbocycles. The molecule has 0 saturated carbocycles. The van der Waals surface area contributed by atoms with Crippen LogP contribution in [0.4, 0.5) is 5.69 Å². The number of nitro groups is 1. The zero-order valence-electron chi connectivity index (χ0n) is 9.50. The number of benzene rings is 1. The summed E-state index contributed by atoms with van der Waals surface area (Å²) in [7, 11) is 0. The van der Waals surface area contributed by atoms with Gasteiger partial charge < -0.3 is 5.32 Å². The summed E-state index contributed by atoms with van der Waals surface area (Å²) >= 11 is 4.52. The van der Waals surface area contributed by atoms with Crippen molar-refractivity contribution in [3.05, 3.63) is 54.9 Å². The maximum Gasteiger partial charge on any atom is 0.284 e. The fourth-order valence-electron chi connectivity index (χ4n) is 1.43. The van der Waals surface area contributed by atoms with Crippen LogP contribution < -0.4 is 5.32 Å². The Hall–Kier alpha value is -1.80. The number of rotatable bonds is 4. The average molecular weight is 342 g/mol. The van der Waals surface area contributed by atoms with Gasteiger partial charge in [-0.25, -0.2) is 4.98 Å². The number of aromatic nitrogens is 1. The van der Waals surface area contributed by atoms with Crippen LogP contribution >= 0.6 is 27.3 Å². The Labute approximate surface area is 120 Å². The van der Waals surface area contributed by atoms with E-state index in [0.29, 0.717) is 0 Å². The van der Waals surface area contributed by atoms with Gasteiger partial charge in [0, 0.05) is 11.4 Å². The van der Waals surface area contributed by atoms with Gasteiger partial charge in [-0.1, -0.05) is 6.07 Å². The highest BCUT2D eigenvalue weighted by Gasteiger charge is 2.19. The third-order valence-corrected chi connectivity index (χ3v) is 3.80. The molecule has 98 valence electrons. The number of hydrogen-bond acceptors (Lipinski definition) is 5. The predicted molar refractivity (Wildman–Crippen MR) is 74.1 cm³/mol. The van der Waals surface area contributed by atoms with Gasteiger partial charge >= 0.3 is 0 Å². The largest absolute Gasteiger partial charge is 0.346 e. The van der Waals surface area contributed by atoms with E-state index in [4.69, 9.17) is 0 Å². The number of thiazole rings is 1. The minimum atomic E-state index is -0.540. The Kier molecular flexibility index (Phi) is 4.23. The first-order chi connectivity index (χ1) is 9.09. The summed E-state index contributed by atoms with van der Waals surface area (Å²) in [4.78, 5) is 26.2. The van der Waals surface area contributed by atoms with E-state index >= 15 is 0 Å². The van der Waals surface area contributed by atoms with Crippen molar-refractivity contribution in [3.63, 3.8) is 0 Å². The Balaban J connectivity index is 2.15. The molecule has 2 aromatic rings. The van der Waals surface area contributed by atoms with Gasteiger partial charge in [0.25, 0.3) is 11.6 Å². The zero-order valence-corrected chi connectivity index (χ0v) is 11.9. The Morgan fingerprint density at radius 2 is 2.32 bits per heavy atom. The quantitative estimate of drug-likeness (QED) is 0.684. The number of nitrogens with one attached hydrogen (secondary N) is 1. The first kappa shape index (κ1) is 13.6. The first-order valence-corrected chi connectivity index (χ1v) is 6.91.